The number of rotatable bonds is 4. The van der Waals surface area contributed by atoms with Crippen molar-refractivity contribution in [1.29, 1.82) is 0 Å². The lowest BCUT2D eigenvalue weighted by atomic mass is 10.4. The zero-order valence-corrected chi connectivity index (χ0v) is 11.9. The predicted molar refractivity (Wildman–Crippen MR) is 74.7 cm³/mol. The first-order valence-corrected chi connectivity index (χ1v) is 6.35. The molecule has 0 saturated heterocycles. The lowest BCUT2D eigenvalue weighted by Gasteiger charge is -2.09. The van der Waals surface area contributed by atoms with Crippen molar-refractivity contribution in [1.82, 2.24) is 19.9 Å². The van der Waals surface area contributed by atoms with Crippen LogP contribution in [0.5, 0.6) is 5.88 Å². The van der Waals surface area contributed by atoms with E-state index in [0.29, 0.717) is 16.3 Å². The summed E-state index contributed by atoms with van der Waals surface area (Å²) in [7, 11) is 1.55. The van der Waals surface area contributed by atoms with Crippen molar-refractivity contribution >= 4 is 29.3 Å². The van der Waals surface area contributed by atoms with Gasteiger partial charge in [0.25, 0.3) is 0 Å². The molecule has 0 aliphatic heterocycles. The van der Waals surface area contributed by atoms with Crippen molar-refractivity contribution in [3.8, 4) is 5.88 Å². The van der Waals surface area contributed by atoms with Crippen molar-refractivity contribution < 1.29 is 9.53 Å². The Balaban J connectivity index is 2.39. The molecule has 0 spiro atoms. The number of nitrogens with zero attached hydrogens (tertiary/aromatic N) is 2. The quantitative estimate of drug-likeness (QED) is 0.835. The average molecular weight is 280 g/mol. The topological polar surface area (TPSA) is 71.9 Å². The average Bonchev–Trinajstić information content (AvgIpc) is 2.64. The molecular formula is C12H16N4O2S. The van der Waals surface area contributed by atoms with Crippen LogP contribution in [-0.2, 0) is 11.3 Å². The van der Waals surface area contributed by atoms with Crippen LogP contribution in [0.1, 0.15) is 13.8 Å². The first-order valence-electron chi connectivity index (χ1n) is 5.94. The van der Waals surface area contributed by atoms with E-state index < -0.39 is 0 Å². The van der Waals surface area contributed by atoms with Gasteiger partial charge in [0.05, 0.1) is 12.6 Å². The molecule has 0 fully saturated rings. The van der Waals surface area contributed by atoms with Crippen LogP contribution >= 0.6 is 12.2 Å². The van der Waals surface area contributed by atoms with E-state index in [1.165, 1.54) is 0 Å². The number of aromatic amines is 1. The molecule has 0 bridgehead atoms. The number of amides is 1. The molecule has 19 heavy (non-hydrogen) atoms. The molecule has 6 nitrogen and oxygen atoms in total. The van der Waals surface area contributed by atoms with E-state index >= 15 is 0 Å². The number of carbonyl (C=O) groups excluding carboxylic acids is 1. The third-order valence-corrected chi connectivity index (χ3v) is 2.87. The van der Waals surface area contributed by atoms with Crippen LogP contribution in [0.4, 0.5) is 0 Å². The maximum absolute atomic E-state index is 11.8. The van der Waals surface area contributed by atoms with E-state index in [9.17, 15) is 4.79 Å². The van der Waals surface area contributed by atoms with Gasteiger partial charge in [-0.3, -0.25) is 9.36 Å². The largest absolute Gasteiger partial charge is 0.481 e. The Labute approximate surface area is 115 Å². The third kappa shape index (κ3) is 2.93. The summed E-state index contributed by atoms with van der Waals surface area (Å²) in [5, 5.41) is 2.82. The Morgan fingerprint density at radius 3 is 2.95 bits per heavy atom. The molecule has 0 saturated carbocycles. The summed E-state index contributed by atoms with van der Waals surface area (Å²) in [5.41, 5.74) is 1.39. The second kappa shape index (κ2) is 5.40. The summed E-state index contributed by atoms with van der Waals surface area (Å²) in [6.45, 7) is 3.96. The number of aromatic nitrogens is 3. The minimum atomic E-state index is -0.100. The maximum atomic E-state index is 11.8. The minimum absolute atomic E-state index is 0.0920. The fraction of sp³-hybridized carbons (Fsp3) is 0.417. The van der Waals surface area contributed by atoms with Crippen LogP contribution in [-0.4, -0.2) is 33.6 Å². The maximum Gasteiger partial charge on any atom is 0.240 e. The number of ether oxygens (including phenoxy) is 1. The lowest BCUT2D eigenvalue weighted by Crippen LogP contribution is -2.33. The lowest BCUT2D eigenvalue weighted by molar-refractivity contribution is -0.122. The Morgan fingerprint density at radius 2 is 2.32 bits per heavy atom. The van der Waals surface area contributed by atoms with Crippen LogP contribution in [0.15, 0.2) is 12.1 Å². The second-order valence-electron chi connectivity index (χ2n) is 4.46. The van der Waals surface area contributed by atoms with Gasteiger partial charge in [0.15, 0.2) is 10.4 Å². The number of imidazole rings is 1. The second-order valence-corrected chi connectivity index (χ2v) is 4.85. The smallest absolute Gasteiger partial charge is 0.240 e. The van der Waals surface area contributed by atoms with Gasteiger partial charge in [0.1, 0.15) is 6.54 Å². The summed E-state index contributed by atoms with van der Waals surface area (Å²) in [4.78, 5) is 19.1. The first kappa shape index (κ1) is 13.5. The van der Waals surface area contributed by atoms with E-state index in [4.69, 9.17) is 17.0 Å². The molecule has 2 aromatic rings. The fourth-order valence-corrected chi connectivity index (χ4v) is 2.05. The van der Waals surface area contributed by atoms with Crippen molar-refractivity contribution in [3.05, 3.63) is 16.9 Å². The van der Waals surface area contributed by atoms with Crippen molar-refractivity contribution in [2.24, 2.45) is 0 Å². The molecule has 102 valence electrons. The summed E-state index contributed by atoms with van der Waals surface area (Å²) < 4.78 is 7.21. The first-order chi connectivity index (χ1) is 9.01. The van der Waals surface area contributed by atoms with E-state index in [1.807, 2.05) is 19.9 Å². The van der Waals surface area contributed by atoms with E-state index in [0.717, 1.165) is 5.52 Å². The van der Waals surface area contributed by atoms with Gasteiger partial charge in [-0.15, -0.1) is 0 Å². The molecule has 7 heteroatoms. The van der Waals surface area contributed by atoms with Crippen LogP contribution in [0.2, 0.25) is 0 Å². The molecule has 2 rings (SSSR count). The molecule has 0 aliphatic rings. The van der Waals surface area contributed by atoms with Crippen LogP contribution in [0, 0.1) is 4.77 Å². The number of methoxy groups -OCH3 is 1. The minimum Gasteiger partial charge on any atom is -0.481 e. The Kier molecular flexibility index (Phi) is 3.84. The predicted octanol–water partition coefficient (Wildman–Crippen LogP) is 1.63. The molecule has 0 unspecified atom stereocenters. The van der Waals surface area contributed by atoms with Crippen LogP contribution < -0.4 is 10.1 Å². The zero-order chi connectivity index (χ0) is 14.0. The SMILES string of the molecule is COc1ccc2[nH]c(=S)n(CC(=O)NC(C)C)c2n1. The number of hydrogen-bond acceptors (Lipinski definition) is 4. The molecule has 0 atom stereocenters. The van der Waals surface area contributed by atoms with Gasteiger partial charge in [0, 0.05) is 12.1 Å². The molecule has 0 aromatic carbocycles. The summed E-state index contributed by atoms with van der Waals surface area (Å²) in [5.74, 6) is 0.385. The Morgan fingerprint density at radius 1 is 1.58 bits per heavy atom. The molecular weight excluding hydrogens is 264 g/mol. The fourth-order valence-electron chi connectivity index (χ4n) is 1.78. The summed E-state index contributed by atoms with van der Waals surface area (Å²) in [6.07, 6.45) is 0. The highest BCUT2D eigenvalue weighted by Gasteiger charge is 2.11. The molecule has 0 radical (unpaired) electrons. The van der Waals surface area contributed by atoms with Gasteiger partial charge in [-0.1, -0.05) is 0 Å². The molecule has 0 aliphatic carbocycles. The monoisotopic (exact) mass is 280 g/mol. The van der Waals surface area contributed by atoms with Gasteiger partial charge in [-0.2, -0.15) is 4.98 Å². The standard InChI is InChI=1S/C12H16N4O2S/c1-7(2)13-9(17)6-16-11-8(14-12(16)19)4-5-10(15-11)18-3/h4-5,7H,6H2,1-3H3,(H,13,17)(H,14,19). The van der Waals surface area contributed by atoms with Crippen molar-refractivity contribution in [2.45, 2.75) is 26.4 Å². The highest BCUT2D eigenvalue weighted by molar-refractivity contribution is 7.71. The van der Waals surface area contributed by atoms with E-state index in [-0.39, 0.29) is 18.5 Å². The normalized spacial score (nSPS) is 10.9. The number of nitrogens with one attached hydrogen (secondary N) is 2. The zero-order valence-electron chi connectivity index (χ0n) is 11.1. The van der Waals surface area contributed by atoms with Gasteiger partial charge >= 0.3 is 0 Å². The van der Waals surface area contributed by atoms with Crippen molar-refractivity contribution in [2.75, 3.05) is 7.11 Å². The van der Waals surface area contributed by atoms with Crippen LogP contribution in [0.3, 0.4) is 0 Å². The molecule has 1 amide bonds. The van der Waals surface area contributed by atoms with Gasteiger partial charge in [-0.25, -0.2) is 0 Å². The Bertz CT molecular complexity index is 659. The van der Waals surface area contributed by atoms with E-state index in [1.54, 1.807) is 17.7 Å². The number of fused-ring (bicyclic) bond motifs is 1. The summed E-state index contributed by atoms with van der Waals surface area (Å²) in [6, 6.07) is 3.66. The highest BCUT2D eigenvalue weighted by Crippen LogP contribution is 2.16. The highest BCUT2D eigenvalue weighted by atomic mass is 32.1. The number of hydrogen-bond donors (Lipinski definition) is 2. The van der Waals surface area contributed by atoms with Gasteiger partial charge in [0.2, 0.25) is 11.8 Å². The van der Waals surface area contributed by atoms with E-state index in [2.05, 4.69) is 15.3 Å². The van der Waals surface area contributed by atoms with Gasteiger partial charge in [-0.05, 0) is 32.1 Å². The number of carbonyl (C=O) groups is 1. The molecule has 2 heterocycles. The van der Waals surface area contributed by atoms with Crippen molar-refractivity contribution in [3.63, 3.8) is 0 Å². The molecule has 2 aromatic heterocycles. The number of H-pyrrole nitrogens is 1. The van der Waals surface area contributed by atoms with Crippen LogP contribution in [0.25, 0.3) is 11.2 Å². The Hall–Kier alpha value is -1.89. The molecule has 2 N–H and O–H groups in total. The van der Waals surface area contributed by atoms with Gasteiger partial charge < -0.3 is 15.0 Å². The number of pyridine rings is 1. The summed E-state index contributed by atoms with van der Waals surface area (Å²) >= 11 is 5.21. The third-order valence-electron chi connectivity index (χ3n) is 2.55.